The van der Waals surface area contributed by atoms with Crippen LogP contribution in [0.25, 0.3) is 0 Å². The number of carbonyl (C=O) groups excluding carboxylic acids is 1. The molecule has 0 spiro atoms. The summed E-state index contributed by atoms with van der Waals surface area (Å²) >= 11 is 0. The summed E-state index contributed by atoms with van der Waals surface area (Å²) < 4.78 is 10.5. The van der Waals surface area contributed by atoms with Gasteiger partial charge < -0.3 is 14.8 Å². The zero-order valence-corrected chi connectivity index (χ0v) is 14.0. The topological polar surface area (TPSA) is 76.2 Å². The number of methoxy groups -OCH3 is 2. The molecule has 0 saturated heterocycles. The highest BCUT2D eigenvalue weighted by Crippen LogP contribution is 2.27. The summed E-state index contributed by atoms with van der Waals surface area (Å²) in [6, 6.07) is 5.60. The van der Waals surface area contributed by atoms with E-state index in [1.54, 1.807) is 14.2 Å². The number of benzene rings is 1. The first-order chi connectivity index (χ1) is 11.0. The molecule has 1 amide bonds. The summed E-state index contributed by atoms with van der Waals surface area (Å²) in [5, 5.41) is 10.1. The third kappa shape index (κ3) is 4.25. The normalized spacial score (nSPS) is 10.4. The maximum Gasteiger partial charge on any atom is 0.220 e. The fourth-order valence-corrected chi connectivity index (χ4v) is 2.29. The molecule has 0 fully saturated rings. The van der Waals surface area contributed by atoms with E-state index in [9.17, 15) is 4.79 Å². The molecule has 0 radical (unpaired) electrons. The van der Waals surface area contributed by atoms with E-state index in [0.29, 0.717) is 30.9 Å². The number of nitrogens with zero attached hydrogens (tertiary/aromatic N) is 1. The molecule has 0 saturated carbocycles. The Morgan fingerprint density at radius 1 is 1.22 bits per heavy atom. The second kappa shape index (κ2) is 7.67. The zero-order valence-electron chi connectivity index (χ0n) is 14.0. The lowest BCUT2D eigenvalue weighted by atomic mass is 10.1. The minimum absolute atomic E-state index is 0.000150. The van der Waals surface area contributed by atoms with Crippen LogP contribution in [0.3, 0.4) is 0 Å². The first kappa shape index (κ1) is 16.9. The third-order valence-corrected chi connectivity index (χ3v) is 3.88. The highest BCUT2D eigenvalue weighted by atomic mass is 16.5. The van der Waals surface area contributed by atoms with Gasteiger partial charge in [0.1, 0.15) is 0 Å². The number of nitrogens with one attached hydrogen (secondary N) is 2. The molecule has 6 heteroatoms. The maximum atomic E-state index is 12.0. The van der Waals surface area contributed by atoms with Crippen molar-refractivity contribution < 1.29 is 14.3 Å². The van der Waals surface area contributed by atoms with Crippen molar-refractivity contribution in [1.82, 2.24) is 15.5 Å². The molecular weight excluding hydrogens is 294 g/mol. The minimum Gasteiger partial charge on any atom is -0.493 e. The largest absolute Gasteiger partial charge is 0.493 e. The van der Waals surface area contributed by atoms with Gasteiger partial charge in [-0.1, -0.05) is 6.07 Å². The number of amides is 1. The van der Waals surface area contributed by atoms with Gasteiger partial charge in [-0.3, -0.25) is 9.89 Å². The fourth-order valence-electron chi connectivity index (χ4n) is 2.29. The summed E-state index contributed by atoms with van der Waals surface area (Å²) in [5.41, 5.74) is 4.08. The second-order valence-electron chi connectivity index (χ2n) is 5.39. The van der Waals surface area contributed by atoms with Crippen molar-refractivity contribution in [3.05, 3.63) is 40.7 Å². The molecule has 2 N–H and O–H groups in total. The summed E-state index contributed by atoms with van der Waals surface area (Å²) in [5.74, 6) is 1.33. The number of hydrogen-bond acceptors (Lipinski definition) is 4. The number of hydrogen-bond donors (Lipinski definition) is 2. The van der Waals surface area contributed by atoms with Crippen molar-refractivity contribution in [2.24, 2.45) is 0 Å². The molecule has 0 bridgehead atoms. The van der Waals surface area contributed by atoms with Crippen LogP contribution in [0.2, 0.25) is 0 Å². The van der Waals surface area contributed by atoms with E-state index in [4.69, 9.17) is 9.47 Å². The van der Waals surface area contributed by atoms with Gasteiger partial charge in [0.25, 0.3) is 0 Å². The van der Waals surface area contributed by atoms with Gasteiger partial charge in [-0.05, 0) is 37.1 Å². The van der Waals surface area contributed by atoms with Crippen molar-refractivity contribution in [2.45, 2.75) is 33.2 Å². The number of aromatic nitrogens is 2. The molecule has 23 heavy (non-hydrogen) atoms. The van der Waals surface area contributed by atoms with Crippen LogP contribution in [0.15, 0.2) is 18.2 Å². The summed E-state index contributed by atoms with van der Waals surface area (Å²) in [6.45, 7) is 4.44. The van der Waals surface area contributed by atoms with Crippen LogP contribution >= 0.6 is 0 Å². The standard InChI is InChI=1S/C17H23N3O3/c1-11-12(2)19-20-14(11)6-8-17(21)18-10-13-5-7-15(22-3)16(9-13)23-4/h5,7,9H,6,8,10H2,1-4H3,(H,18,21)(H,19,20). The number of H-pyrrole nitrogens is 1. The summed E-state index contributed by atoms with van der Waals surface area (Å²) in [4.78, 5) is 12.0. The Kier molecular flexibility index (Phi) is 5.62. The summed E-state index contributed by atoms with van der Waals surface area (Å²) in [6.07, 6.45) is 1.05. The molecule has 6 nitrogen and oxygen atoms in total. The maximum absolute atomic E-state index is 12.0. The van der Waals surface area contributed by atoms with Gasteiger partial charge in [0.05, 0.1) is 19.9 Å². The molecule has 1 aromatic heterocycles. The van der Waals surface area contributed by atoms with Crippen LogP contribution in [0.5, 0.6) is 11.5 Å². The SMILES string of the molecule is COc1ccc(CNC(=O)CCc2n[nH]c(C)c2C)cc1OC. The Balaban J connectivity index is 1.85. The second-order valence-corrected chi connectivity index (χ2v) is 5.39. The number of ether oxygens (including phenoxy) is 2. The van der Waals surface area contributed by atoms with Crippen molar-refractivity contribution in [3.63, 3.8) is 0 Å². The molecule has 0 aliphatic heterocycles. The van der Waals surface area contributed by atoms with E-state index in [2.05, 4.69) is 15.5 Å². The molecule has 1 heterocycles. The molecule has 2 rings (SSSR count). The van der Waals surface area contributed by atoms with Crippen LogP contribution in [-0.4, -0.2) is 30.3 Å². The predicted molar refractivity (Wildman–Crippen MR) is 87.8 cm³/mol. The molecule has 1 aromatic carbocycles. The van der Waals surface area contributed by atoms with E-state index >= 15 is 0 Å². The highest BCUT2D eigenvalue weighted by molar-refractivity contribution is 5.76. The van der Waals surface area contributed by atoms with Gasteiger partial charge in [-0.2, -0.15) is 5.10 Å². The van der Waals surface area contributed by atoms with E-state index < -0.39 is 0 Å². The van der Waals surface area contributed by atoms with Gasteiger partial charge in [0.15, 0.2) is 11.5 Å². The van der Waals surface area contributed by atoms with Crippen molar-refractivity contribution in [3.8, 4) is 11.5 Å². The quantitative estimate of drug-likeness (QED) is 0.821. The van der Waals surface area contributed by atoms with E-state index in [-0.39, 0.29) is 5.91 Å². The van der Waals surface area contributed by atoms with Gasteiger partial charge in [-0.15, -0.1) is 0 Å². The Morgan fingerprint density at radius 3 is 2.57 bits per heavy atom. The predicted octanol–water partition coefficient (Wildman–Crippen LogP) is 2.29. The van der Waals surface area contributed by atoms with Crippen LogP contribution in [-0.2, 0) is 17.8 Å². The van der Waals surface area contributed by atoms with Crippen LogP contribution < -0.4 is 14.8 Å². The van der Waals surface area contributed by atoms with E-state index in [0.717, 1.165) is 22.5 Å². The molecule has 0 unspecified atom stereocenters. The zero-order chi connectivity index (χ0) is 16.8. The van der Waals surface area contributed by atoms with Crippen molar-refractivity contribution in [2.75, 3.05) is 14.2 Å². The Bertz CT molecular complexity index is 680. The Morgan fingerprint density at radius 2 is 1.96 bits per heavy atom. The average Bonchev–Trinajstić information content (AvgIpc) is 2.89. The minimum atomic E-state index is -0.000150. The van der Waals surface area contributed by atoms with Crippen molar-refractivity contribution in [1.29, 1.82) is 0 Å². The molecule has 0 aliphatic carbocycles. The number of aryl methyl sites for hydroxylation is 2. The van der Waals surface area contributed by atoms with E-state index in [1.807, 2.05) is 32.0 Å². The lowest BCUT2D eigenvalue weighted by molar-refractivity contribution is -0.121. The van der Waals surface area contributed by atoms with Crippen LogP contribution in [0.1, 0.15) is 28.9 Å². The van der Waals surface area contributed by atoms with Gasteiger partial charge >= 0.3 is 0 Å². The van der Waals surface area contributed by atoms with E-state index in [1.165, 1.54) is 0 Å². The highest BCUT2D eigenvalue weighted by Gasteiger charge is 2.09. The lowest BCUT2D eigenvalue weighted by Gasteiger charge is -2.10. The third-order valence-electron chi connectivity index (χ3n) is 3.88. The average molecular weight is 317 g/mol. The lowest BCUT2D eigenvalue weighted by Crippen LogP contribution is -2.23. The van der Waals surface area contributed by atoms with Gasteiger partial charge in [-0.25, -0.2) is 0 Å². The Labute approximate surface area is 136 Å². The first-order valence-electron chi connectivity index (χ1n) is 7.53. The van der Waals surface area contributed by atoms with Crippen molar-refractivity contribution >= 4 is 5.91 Å². The van der Waals surface area contributed by atoms with Gasteiger partial charge in [0, 0.05) is 25.1 Å². The fraction of sp³-hybridized carbons (Fsp3) is 0.412. The first-order valence-corrected chi connectivity index (χ1v) is 7.53. The number of rotatable bonds is 7. The molecule has 0 aliphatic rings. The molecule has 124 valence electrons. The van der Waals surface area contributed by atoms with Gasteiger partial charge in [0.2, 0.25) is 5.91 Å². The molecular formula is C17H23N3O3. The monoisotopic (exact) mass is 317 g/mol. The smallest absolute Gasteiger partial charge is 0.220 e. The molecule has 0 atom stereocenters. The van der Waals surface area contributed by atoms with Crippen LogP contribution in [0.4, 0.5) is 0 Å². The van der Waals surface area contributed by atoms with Crippen LogP contribution in [0, 0.1) is 13.8 Å². The Hall–Kier alpha value is -2.50. The molecule has 2 aromatic rings. The number of aromatic amines is 1. The number of carbonyl (C=O) groups is 1. The summed E-state index contributed by atoms with van der Waals surface area (Å²) in [7, 11) is 3.19.